The fraction of sp³-hybridized carbons (Fsp3) is 0.333. The molecule has 1 aromatic carbocycles. The zero-order valence-corrected chi connectivity index (χ0v) is 15.2. The van der Waals surface area contributed by atoms with Crippen LogP contribution in [-0.4, -0.2) is 0 Å². The van der Waals surface area contributed by atoms with Gasteiger partial charge in [-0.1, -0.05) is 18.6 Å². The van der Waals surface area contributed by atoms with Crippen LogP contribution in [0.4, 0.5) is 0 Å². The Labute approximate surface area is 150 Å². The number of halogens is 3. The van der Waals surface area contributed by atoms with E-state index in [-0.39, 0.29) is 58.9 Å². The normalized spacial score (nSPS) is 11.4. The Bertz CT molecular complexity index is 428. The van der Waals surface area contributed by atoms with Crippen molar-refractivity contribution in [2.45, 2.75) is 33.6 Å². The first-order valence-electron chi connectivity index (χ1n) is 5.50. The molecule has 0 amide bonds. The molecule has 19 heavy (non-hydrogen) atoms. The van der Waals surface area contributed by atoms with E-state index in [1.54, 1.807) is 0 Å². The molecule has 4 heteroatoms. The molecule has 0 spiro atoms. The fourth-order valence-electron chi connectivity index (χ4n) is 2.03. The van der Waals surface area contributed by atoms with E-state index in [0.717, 1.165) is 12.8 Å². The molecule has 0 saturated carbocycles. The van der Waals surface area contributed by atoms with Crippen molar-refractivity contribution in [3.05, 3.63) is 58.2 Å². The number of aryl methyl sites for hydroxylation is 2. The molecular weight excluding hydrogens is 334 g/mol. The van der Waals surface area contributed by atoms with Crippen LogP contribution in [0.15, 0.2) is 29.9 Å². The van der Waals surface area contributed by atoms with Crippen molar-refractivity contribution in [1.82, 2.24) is 0 Å². The van der Waals surface area contributed by atoms with Gasteiger partial charge in [-0.05, 0) is 49.4 Å². The second-order valence-corrected chi connectivity index (χ2v) is 4.39. The second kappa shape index (κ2) is 11.0. The summed E-state index contributed by atoms with van der Waals surface area (Å²) in [5, 5.41) is 0. The zero-order chi connectivity index (χ0) is 10.8. The Hall–Kier alpha value is 0.284. The Morgan fingerprint density at radius 1 is 1.00 bits per heavy atom. The van der Waals surface area contributed by atoms with Gasteiger partial charge in [0.15, 0.2) is 0 Å². The predicted molar refractivity (Wildman–Crippen MR) is 64.9 cm³/mol. The minimum Gasteiger partial charge on any atom is -1.00 e. The molecule has 102 valence electrons. The minimum absolute atomic E-state index is 0. The van der Waals surface area contributed by atoms with E-state index in [4.69, 9.17) is 0 Å². The molecule has 0 saturated heterocycles. The van der Waals surface area contributed by atoms with Crippen LogP contribution in [-0.2, 0) is 28.1 Å². The second-order valence-electron chi connectivity index (χ2n) is 4.39. The molecule has 0 aliphatic heterocycles. The number of hydrogen-bond acceptors (Lipinski definition) is 0. The smallest absolute Gasteiger partial charge is 1.00 e. The molecule has 0 atom stereocenters. The summed E-state index contributed by atoms with van der Waals surface area (Å²) in [4.78, 5) is 0. The van der Waals surface area contributed by atoms with Crippen LogP contribution < -0.4 is 37.2 Å². The molecule has 0 unspecified atom stereocenters. The van der Waals surface area contributed by atoms with Gasteiger partial charge in [0.1, 0.15) is 0 Å². The molecule has 0 heterocycles. The maximum absolute atomic E-state index is 3.29. The molecule has 1 aliphatic rings. The van der Waals surface area contributed by atoms with Gasteiger partial charge in [-0.25, -0.2) is 12.2 Å². The maximum atomic E-state index is 3.29. The van der Waals surface area contributed by atoms with Crippen molar-refractivity contribution in [1.29, 1.82) is 0 Å². The summed E-state index contributed by atoms with van der Waals surface area (Å²) in [5.41, 5.74) is 7.04. The zero-order valence-electron chi connectivity index (χ0n) is 11.4. The van der Waals surface area contributed by atoms with E-state index in [2.05, 4.69) is 45.1 Å². The molecule has 2 rings (SSSR count). The van der Waals surface area contributed by atoms with Crippen molar-refractivity contribution in [3.63, 3.8) is 0 Å². The van der Waals surface area contributed by atoms with Crippen LogP contribution in [0.2, 0.25) is 0 Å². The molecule has 1 aliphatic carbocycles. The number of benzene rings is 1. The van der Waals surface area contributed by atoms with E-state index in [9.17, 15) is 0 Å². The van der Waals surface area contributed by atoms with Gasteiger partial charge in [0.2, 0.25) is 0 Å². The summed E-state index contributed by atoms with van der Waals surface area (Å²) < 4.78 is 0. The summed E-state index contributed by atoms with van der Waals surface area (Å²) in [6.45, 7) is 6.57. The molecule has 0 N–H and O–H groups in total. The van der Waals surface area contributed by atoms with Crippen molar-refractivity contribution < 1.29 is 58.9 Å². The van der Waals surface area contributed by atoms with E-state index in [1.165, 1.54) is 27.8 Å². The van der Waals surface area contributed by atoms with Crippen molar-refractivity contribution in [2.75, 3.05) is 0 Å². The Morgan fingerprint density at radius 3 is 1.95 bits per heavy atom. The topological polar surface area (TPSA) is 0 Å². The van der Waals surface area contributed by atoms with Gasteiger partial charge in [-0.15, -0.1) is 0 Å². The molecular formula is C15H17Cl3Ti. The van der Waals surface area contributed by atoms with Crippen LogP contribution in [0.5, 0.6) is 0 Å². The number of hydrogen-bond donors (Lipinski definition) is 0. The summed E-state index contributed by atoms with van der Waals surface area (Å²) >= 11 is 0. The van der Waals surface area contributed by atoms with Gasteiger partial charge in [-0.3, -0.25) is 6.08 Å². The van der Waals surface area contributed by atoms with Gasteiger partial charge in [0.05, 0.1) is 0 Å². The average molecular weight is 352 g/mol. The Kier molecular flexibility index (Phi) is 14.1. The fourth-order valence-corrected chi connectivity index (χ4v) is 2.03. The van der Waals surface area contributed by atoms with Crippen molar-refractivity contribution in [3.8, 4) is 0 Å². The van der Waals surface area contributed by atoms with Gasteiger partial charge in [0.25, 0.3) is 0 Å². The first kappa shape index (κ1) is 24.3. The standard InChI is InChI=1S/C15H17.3ClH.Ti/c1-11-8-15(9-12(2)13(11)3)10-14-6-4-5-7-14;;;;/h4-5,8-9H,6,10H2,1-3H3;3*1H;/q-1;;;;+4/p-3. The van der Waals surface area contributed by atoms with Crippen LogP contribution in [0.25, 0.3) is 0 Å². The van der Waals surface area contributed by atoms with Gasteiger partial charge < -0.3 is 37.2 Å². The molecule has 0 nitrogen and oxygen atoms in total. The first-order chi connectivity index (χ1) is 7.16. The SMILES string of the molecule is Cc1cc(CC2=[C-]C=CC2)cc(C)c1C.[Cl-].[Cl-].[Cl-].[Ti+4]. The summed E-state index contributed by atoms with van der Waals surface area (Å²) in [5.74, 6) is 0. The van der Waals surface area contributed by atoms with Crippen molar-refractivity contribution >= 4 is 0 Å². The van der Waals surface area contributed by atoms with E-state index in [0.29, 0.717) is 0 Å². The van der Waals surface area contributed by atoms with Crippen LogP contribution in [0, 0.1) is 26.8 Å². The van der Waals surface area contributed by atoms with Crippen LogP contribution in [0.3, 0.4) is 0 Å². The average Bonchev–Trinajstić information content (AvgIpc) is 2.66. The molecule has 1 aromatic rings. The third kappa shape index (κ3) is 6.51. The molecule has 0 aromatic heterocycles. The summed E-state index contributed by atoms with van der Waals surface area (Å²) in [6.07, 6.45) is 9.62. The molecule has 0 bridgehead atoms. The van der Waals surface area contributed by atoms with E-state index < -0.39 is 0 Å². The quantitative estimate of drug-likeness (QED) is 0.369. The Morgan fingerprint density at radius 2 is 1.53 bits per heavy atom. The molecule has 0 fully saturated rings. The van der Waals surface area contributed by atoms with Gasteiger partial charge >= 0.3 is 21.7 Å². The van der Waals surface area contributed by atoms with Crippen LogP contribution >= 0.6 is 0 Å². The van der Waals surface area contributed by atoms with Gasteiger partial charge in [-0.2, -0.15) is 5.57 Å². The van der Waals surface area contributed by atoms with Crippen LogP contribution in [0.1, 0.15) is 28.7 Å². The van der Waals surface area contributed by atoms with E-state index in [1.807, 2.05) is 6.08 Å². The maximum Gasteiger partial charge on any atom is 4.00 e. The third-order valence-electron chi connectivity index (χ3n) is 3.17. The van der Waals surface area contributed by atoms with Gasteiger partial charge in [0, 0.05) is 0 Å². The number of allylic oxidation sites excluding steroid dienone is 4. The largest absolute Gasteiger partial charge is 4.00 e. The monoisotopic (exact) mass is 350 g/mol. The summed E-state index contributed by atoms with van der Waals surface area (Å²) in [6, 6.07) is 4.60. The molecule has 0 radical (unpaired) electrons. The number of rotatable bonds is 2. The Balaban J connectivity index is -0.000000640. The van der Waals surface area contributed by atoms with E-state index >= 15 is 0 Å². The summed E-state index contributed by atoms with van der Waals surface area (Å²) in [7, 11) is 0. The first-order valence-corrected chi connectivity index (χ1v) is 5.50. The minimum atomic E-state index is 0. The predicted octanol–water partition coefficient (Wildman–Crippen LogP) is -5.15. The third-order valence-corrected chi connectivity index (χ3v) is 3.17. The van der Waals surface area contributed by atoms with Crippen molar-refractivity contribution in [2.24, 2.45) is 0 Å².